The average Bonchev–Trinajstić information content (AvgIpc) is 2.84. The lowest BCUT2D eigenvalue weighted by molar-refractivity contribution is 0.346. The predicted octanol–water partition coefficient (Wildman–Crippen LogP) is 5.25. The third kappa shape index (κ3) is 4.84. The van der Waals surface area contributed by atoms with Crippen molar-refractivity contribution in [2.75, 3.05) is 0 Å². The van der Waals surface area contributed by atoms with Crippen LogP contribution in [0.25, 0.3) is 0 Å². The fourth-order valence-electron chi connectivity index (χ4n) is 2.11. The predicted molar refractivity (Wildman–Crippen MR) is 82.5 cm³/mol. The number of fused-ring (bicyclic) bond motifs is 1. The Kier molecular flexibility index (Phi) is 6.17. The molecule has 19 heavy (non-hydrogen) atoms. The number of para-hydroxylation sites is 1. The molecule has 0 fully saturated rings. The van der Waals surface area contributed by atoms with E-state index in [-0.39, 0.29) is 5.44 Å². The second-order valence-electron chi connectivity index (χ2n) is 4.85. The van der Waals surface area contributed by atoms with Gasteiger partial charge in [-0.15, -0.1) is 0 Å². The van der Waals surface area contributed by atoms with Crippen LogP contribution in [0.2, 0.25) is 0 Å². The first kappa shape index (κ1) is 14.3. The molecule has 2 heteroatoms. The number of thioether (sulfide) groups is 1. The maximum atomic E-state index is 5.76. The van der Waals surface area contributed by atoms with Gasteiger partial charge in [0, 0.05) is 6.42 Å². The average molecular weight is 274 g/mol. The van der Waals surface area contributed by atoms with Crippen molar-refractivity contribution < 1.29 is 4.74 Å². The summed E-state index contributed by atoms with van der Waals surface area (Å²) in [4.78, 5) is 1.21. The molecule has 1 aliphatic heterocycles. The minimum Gasteiger partial charge on any atom is -0.466 e. The first-order valence-electron chi connectivity index (χ1n) is 7.31. The number of hydrogen-bond donors (Lipinski definition) is 0. The first-order valence-corrected chi connectivity index (χ1v) is 8.19. The summed E-state index contributed by atoms with van der Waals surface area (Å²) in [6, 6.07) is 8.15. The van der Waals surface area contributed by atoms with E-state index in [9.17, 15) is 0 Å². The zero-order chi connectivity index (χ0) is 13.3. The lowest BCUT2D eigenvalue weighted by Crippen LogP contribution is -2.02. The summed E-state index contributed by atoms with van der Waals surface area (Å²) in [5.41, 5.74) is -0.00232. The molecular weight excluding hydrogens is 252 g/mol. The quantitative estimate of drug-likeness (QED) is 0.517. The highest BCUT2D eigenvalue weighted by atomic mass is 32.2. The van der Waals surface area contributed by atoms with Crippen molar-refractivity contribution >= 4 is 11.8 Å². The van der Waals surface area contributed by atoms with Crippen LogP contribution in [0, 0.1) is 11.8 Å². The molecule has 1 atom stereocenters. The second kappa shape index (κ2) is 8.17. The van der Waals surface area contributed by atoms with Crippen molar-refractivity contribution in [1.29, 1.82) is 0 Å². The van der Waals surface area contributed by atoms with Gasteiger partial charge in [-0.2, -0.15) is 0 Å². The lowest BCUT2D eigenvalue weighted by Gasteiger charge is -2.00. The largest absolute Gasteiger partial charge is 0.466 e. The normalized spacial score (nSPS) is 16.4. The molecule has 0 saturated carbocycles. The smallest absolute Gasteiger partial charge is 0.210 e. The van der Waals surface area contributed by atoms with E-state index in [0.29, 0.717) is 0 Å². The molecular formula is C17H22OS. The minimum atomic E-state index is -0.00232. The summed E-state index contributed by atoms with van der Waals surface area (Å²) in [5.74, 6) is 7.46. The van der Waals surface area contributed by atoms with Gasteiger partial charge in [-0.1, -0.05) is 68.8 Å². The van der Waals surface area contributed by atoms with Gasteiger partial charge in [-0.3, -0.25) is 0 Å². The summed E-state index contributed by atoms with van der Waals surface area (Å²) in [6.45, 7) is 2.25. The van der Waals surface area contributed by atoms with E-state index in [1.54, 1.807) is 11.8 Å². The zero-order valence-electron chi connectivity index (χ0n) is 11.7. The van der Waals surface area contributed by atoms with E-state index in [2.05, 4.69) is 24.8 Å². The SMILES string of the molecule is CCCCCCCCC#CC1Oc2ccccc2S1. The second-order valence-corrected chi connectivity index (χ2v) is 5.96. The van der Waals surface area contributed by atoms with E-state index >= 15 is 0 Å². The summed E-state index contributed by atoms with van der Waals surface area (Å²) >= 11 is 1.72. The van der Waals surface area contributed by atoms with E-state index in [1.165, 1.54) is 43.4 Å². The van der Waals surface area contributed by atoms with Crippen molar-refractivity contribution in [3.63, 3.8) is 0 Å². The van der Waals surface area contributed by atoms with Gasteiger partial charge in [0.1, 0.15) is 5.75 Å². The molecule has 0 bridgehead atoms. The fraction of sp³-hybridized carbons (Fsp3) is 0.529. The van der Waals surface area contributed by atoms with Crippen LogP contribution in [0.3, 0.4) is 0 Å². The van der Waals surface area contributed by atoms with Crippen LogP contribution in [0.15, 0.2) is 29.2 Å². The van der Waals surface area contributed by atoms with E-state index < -0.39 is 0 Å². The monoisotopic (exact) mass is 274 g/mol. The van der Waals surface area contributed by atoms with Gasteiger partial charge in [0.15, 0.2) is 0 Å². The zero-order valence-corrected chi connectivity index (χ0v) is 12.5. The topological polar surface area (TPSA) is 9.23 Å². The Balaban J connectivity index is 1.61. The molecule has 1 nitrogen and oxygen atoms in total. The number of benzene rings is 1. The highest BCUT2D eigenvalue weighted by Gasteiger charge is 2.20. The Labute approximate surface area is 121 Å². The van der Waals surface area contributed by atoms with Crippen LogP contribution in [-0.2, 0) is 0 Å². The molecule has 2 rings (SSSR count). The van der Waals surface area contributed by atoms with Gasteiger partial charge in [0.2, 0.25) is 5.44 Å². The molecule has 1 aromatic carbocycles. The maximum Gasteiger partial charge on any atom is 0.210 e. The molecule has 0 radical (unpaired) electrons. The van der Waals surface area contributed by atoms with Gasteiger partial charge in [-0.05, 0) is 24.5 Å². The number of rotatable bonds is 6. The molecule has 1 aliphatic rings. The van der Waals surface area contributed by atoms with Gasteiger partial charge in [-0.25, -0.2) is 0 Å². The molecule has 1 unspecified atom stereocenters. The van der Waals surface area contributed by atoms with E-state index in [1.807, 2.05) is 18.2 Å². The highest BCUT2D eigenvalue weighted by molar-refractivity contribution is 8.00. The van der Waals surface area contributed by atoms with Gasteiger partial charge in [0.25, 0.3) is 0 Å². The van der Waals surface area contributed by atoms with Crippen molar-refractivity contribution in [2.24, 2.45) is 0 Å². The van der Waals surface area contributed by atoms with Crippen LogP contribution in [0.4, 0.5) is 0 Å². The molecule has 0 N–H and O–H groups in total. The van der Waals surface area contributed by atoms with Crippen LogP contribution in [0.5, 0.6) is 5.75 Å². The van der Waals surface area contributed by atoms with Gasteiger partial charge in [0.05, 0.1) is 4.90 Å². The summed E-state index contributed by atoms with van der Waals surface area (Å²) < 4.78 is 5.76. The van der Waals surface area contributed by atoms with Gasteiger partial charge < -0.3 is 4.74 Å². The Morgan fingerprint density at radius 1 is 1.11 bits per heavy atom. The molecule has 0 amide bonds. The summed E-state index contributed by atoms with van der Waals surface area (Å²) in [6.07, 6.45) is 8.96. The molecule has 0 aliphatic carbocycles. The van der Waals surface area contributed by atoms with Crippen molar-refractivity contribution in [1.82, 2.24) is 0 Å². The van der Waals surface area contributed by atoms with Crippen LogP contribution in [-0.4, -0.2) is 5.44 Å². The first-order chi connectivity index (χ1) is 9.40. The molecule has 102 valence electrons. The molecule has 1 aromatic rings. The number of hydrogen-bond acceptors (Lipinski definition) is 2. The van der Waals surface area contributed by atoms with Crippen LogP contribution < -0.4 is 4.74 Å². The third-order valence-corrected chi connectivity index (χ3v) is 4.21. The Morgan fingerprint density at radius 2 is 1.89 bits per heavy atom. The summed E-state index contributed by atoms with van der Waals surface area (Å²) in [5, 5.41) is 0. The fourth-order valence-corrected chi connectivity index (χ4v) is 3.02. The number of ether oxygens (including phenoxy) is 1. The third-order valence-electron chi connectivity index (χ3n) is 3.19. The van der Waals surface area contributed by atoms with Crippen molar-refractivity contribution in [2.45, 2.75) is 62.2 Å². The standard InChI is InChI=1S/C17H22OS/c1-2-3-4-5-6-7-8-9-14-17-18-15-12-10-11-13-16(15)19-17/h10-13,17H,2-8H2,1H3. The highest BCUT2D eigenvalue weighted by Crippen LogP contribution is 2.39. The van der Waals surface area contributed by atoms with Crippen molar-refractivity contribution in [3.05, 3.63) is 24.3 Å². The van der Waals surface area contributed by atoms with Crippen LogP contribution >= 0.6 is 11.8 Å². The molecule has 0 spiro atoms. The maximum absolute atomic E-state index is 5.76. The molecule has 1 heterocycles. The molecule has 0 saturated heterocycles. The van der Waals surface area contributed by atoms with E-state index in [4.69, 9.17) is 4.74 Å². The Bertz CT molecular complexity index is 419. The minimum absolute atomic E-state index is 0.00232. The van der Waals surface area contributed by atoms with Crippen LogP contribution in [0.1, 0.15) is 51.9 Å². The van der Waals surface area contributed by atoms with E-state index in [0.717, 1.165) is 12.2 Å². The Hall–Kier alpha value is -1.07. The van der Waals surface area contributed by atoms with Crippen molar-refractivity contribution in [3.8, 4) is 17.6 Å². The Morgan fingerprint density at radius 3 is 2.74 bits per heavy atom. The lowest BCUT2D eigenvalue weighted by atomic mass is 10.1. The van der Waals surface area contributed by atoms with Gasteiger partial charge >= 0.3 is 0 Å². The number of unbranched alkanes of at least 4 members (excludes halogenated alkanes) is 6. The molecule has 0 aromatic heterocycles. The summed E-state index contributed by atoms with van der Waals surface area (Å²) in [7, 11) is 0.